The maximum Gasteiger partial charge on any atom is 0.329 e. The molecule has 4 rings (SSSR count). The maximum absolute atomic E-state index is 12.6. The number of ether oxygens (including phenoxy) is 1. The monoisotopic (exact) mass is 654 g/mol. The van der Waals surface area contributed by atoms with Gasteiger partial charge in [-0.3, -0.25) is 14.3 Å². The molecule has 3 aromatic rings. The molecule has 0 aliphatic heterocycles. The van der Waals surface area contributed by atoms with Crippen LogP contribution in [-0.2, 0) is 30.4 Å². The normalized spacial score (nSPS) is 17.6. The molecular weight excluding hydrogens is 612 g/mol. The Morgan fingerprint density at radius 2 is 1.83 bits per heavy atom. The molecule has 0 radical (unpaired) electrons. The van der Waals surface area contributed by atoms with E-state index in [0.29, 0.717) is 31.5 Å². The second kappa shape index (κ2) is 14.5. The van der Waals surface area contributed by atoms with Gasteiger partial charge in [-0.2, -0.15) is 13.4 Å². The average Bonchev–Trinajstić information content (AvgIpc) is 2.98. The first-order chi connectivity index (χ1) is 21.6. The van der Waals surface area contributed by atoms with E-state index in [4.69, 9.17) is 14.7 Å². The van der Waals surface area contributed by atoms with Crippen molar-refractivity contribution in [3.05, 3.63) is 75.5 Å². The van der Waals surface area contributed by atoms with Crippen LogP contribution in [0.4, 0.5) is 17.5 Å². The lowest BCUT2D eigenvalue weighted by Crippen LogP contribution is -2.31. The van der Waals surface area contributed by atoms with Crippen LogP contribution in [-0.4, -0.2) is 53.8 Å². The standard InChI is InChI=1S/C32H42N6O7S/c1-20-24(10-7-11-26(20)22-8-6-9-23(16-22)28(33)30(39)44-32(2,3)4)18-35-31-36-19-27(38(40)41)29(37-31)34-17-21-12-14-25(15-13-21)45-46(5,42)43/h6-11,16,19,21,25,28H,12-15,17-18,33H2,1-5H3,(H2,34,35,36,37). The van der Waals surface area contributed by atoms with Gasteiger partial charge < -0.3 is 21.1 Å². The van der Waals surface area contributed by atoms with Crippen LogP contribution in [0.3, 0.4) is 0 Å². The number of nitrogens with one attached hydrogen (secondary N) is 2. The summed E-state index contributed by atoms with van der Waals surface area (Å²) in [6.45, 7) is 8.19. The van der Waals surface area contributed by atoms with Crippen molar-refractivity contribution in [3.8, 4) is 11.1 Å². The summed E-state index contributed by atoms with van der Waals surface area (Å²) < 4.78 is 33.4. The number of nitrogens with zero attached hydrogens (tertiary/aromatic N) is 3. The van der Waals surface area contributed by atoms with Crippen LogP contribution < -0.4 is 16.4 Å². The van der Waals surface area contributed by atoms with Crippen molar-refractivity contribution in [1.29, 1.82) is 0 Å². The van der Waals surface area contributed by atoms with E-state index in [2.05, 4.69) is 20.6 Å². The molecule has 46 heavy (non-hydrogen) atoms. The molecule has 2 aromatic carbocycles. The third-order valence-electron chi connectivity index (χ3n) is 7.73. The molecule has 0 saturated heterocycles. The predicted molar refractivity (Wildman–Crippen MR) is 176 cm³/mol. The van der Waals surface area contributed by atoms with E-state index in [9.17, 15) is 23.3 Å². The molecule has 1 fully saturated rings. The summed E-state index contributed by atoms with van der Waals surface area (Å²) in [6, 6.07) is 12.5. The smallest absolute Gasteiger partial charge is 0.329 e. The highest BCUT2D eigenvalue weighted by Crippen LogP contribution is 2.31. The zero-order valence-corrected chi connectivity index (χ0v) is 27.6. The number of hydrogen-bond acceptors (Lipinski definition) is 12. The summed E-state index contributed by atoms with van der Waals surface area (Å²) in [4.78, 5) is 32.3. The fourth-order valence-corrected chi connectivity index (χ4v) is 6.09. The van der Waals surface area contributed by atoms with Gasteiger partial charge in [-0.15, -0.1) is 0 Å². The number of rotatable bonds is 12. The van der Waals surface area contributed by atoms with Gasteiger partial charge >= 0.3 is 11.7 Å². The number of nitrogens with two attached hydrogens (primary N) is 1. The van der Waals surface area contributed by atoms with Crippen LogP contribution in [0.15, 0.2) is 48.7 Å². The highest BCUT2D eigenvalue weighted by Gasteiger charge is 2.26. The largest absolute Gasteiger partial charge is 0.459 e. The lowest BCUT2D eigenvalue weighted by atomic mass is 9.87. The van der Waals surface area contributed by atoms with Crippen LogP contribution in [0.5, 0.6) is 0 Å². The van der Waals surface area contributed by atoms with Gasteiger partial charge in [0, 0.05) is 13.1 Å². The number of carbonyl (C=O) groups is 1. The van der Waals surface area contributed by atoms with Gasteiger partial charge in [0.15, 0.2) is 0 Å². The maximum atomic E-state index is 12.6. The molecule has 1 unspecified atom stereocenters. The molecule has 1 aliphatic rings. The Balaban J connectivity index is 1.43. The van der Waals surface area contributed by atoms with E-state index in [1.807, 2.05) is 43.3 Å². The molecule has 1 aromatic heterocycles. The van der Waals surface area contributed by atoms with Crippen molar-refractivity contribution < 1.29 is 27.1 Å². The van der Waals surface area contributed by atoms with Crippen molar-refractivity contribution in [1.82, 2.24) is 9.97 Å². The zero-order chi connectivity index (χ0) is 33.6. The quantitative estimate of drug-likeness (QED) is 0.0996. The lowest BCUT2D eigenvalue weighted by Gasteiger charge is -2.27. The summed E-state index contributed by atoms with van der Waals surface area (Å²) in [7, 11) is -3.51. The van der Waals surface area contributed by atoms with Crippen molar-refractivity contribution in [2.45, 2.75) is 77.7 Å². The van der Waals surface area contributed by atoms with Crippen LogP contribution in [0.25, 0.3) is 11.1 Å². The number of esters is 1. The summed E-state index contributed by atoms with van der Waals surface area (Å²) >= 11 is 0. The molecule has 4 N–H and O–H groups in total. The van der Waals surface area contributed by atoms with E-state index >= 15 is 0 Å². The van der Waals surface area contributed by atoms with E-state index in [1.54, 1.807) is 26.8 Å². The van der Waals surface area contributed by atoms with Crippen LogP contribution in [0.1, 0.15) is 69.2 Å². The first-order valence-corrected chi connectivity index (χ1v) is 17.0. The fourth-order valence-electron chi connectivity index (χ4n) is 5.41. The molecule has 13 nitrogen and oxygen atoms in total. The van der Waals surface area contributed by atoms with Crippen molar-refractivity contribution in [2.24, 2.45) is 11.7 Å². The second-order valence-electron chi connectivity index (χ2n) is 12.6. The Kier molecular flexibility index (Phi) is 11.0. The molecule has 248 valence electrons. The molecule has 1 saturated carbocycles. The van der Waals surface area contributed by atoms with Crippen molar-refractivity contribution >= 4 is 33.5 Å². The SMILES string of the molecule is Cc1c(CNc2ncc([N+](=O)[O-])c(NCC3CCC(OS(C)(=O)=O)CC3)n2)cccc1-c1cccc(C(N)C(=O)OC(C)(C)C)c1. The fraction of sp³-hybridized carbons (Fsp3) is 0.469. The van der Waals surface area contributed by atoms with Gasteiger partial charge in [0.2, 0.25) is 11.8 Å². The molecule has 1 heterocycles. The summed E-state index contributed by atoms with van der Waals surface area (Å²) in [5.74, 6) is 0.0324. The Bertz CT molecular complexity index is 1670. The predicted octanol–water partition coefficient (Wildman–Crippen LogP) is 5.26. The van der Waals surface area contributed by atoms with Gasteiger partial charge in [0.05, 0.1) is 17.3 Å². The average molecular weight is 655 g/mol. The summed E-state index contributed by atoms with van der Waals surface area (Å²) in [5.41, 5.74) is 9.81. The minimum Gasteiger partial charge on any atom is -0.459 e. The molecule has 0 spiro atoms. The van der Waals surface area contributed by atoms with Gasteiger partial charge in [-0.05, 0) is 93.2 Å². The Labute approximate surface area is 269 Å². The number of benzene rings is 2. The first-order valence-electron chi connectivity index (χ1n) is 15.1. The van der Waals surface area contributed by atoms with Crippen LogP contribution in [0, 0.1) is 23.0 Å². The van der Waals surface area contributed by atoms with E-state index in [1.165, 1.54) is 6.20 Å². The molecule has 1 atom stereocenters. The number of carbonyl (C=O) groups excluding carboxylic acids is 1. The van der Waals surface area contributed by atoms with Crippen LogP contribution >= 0.6 is 0 Å². The lowest BCUT2D eigenvalue weighted by molar-refractivity contribution is -0.384. The Morgan fingerprint density at radius 1 is 1.13 bits per heavy atom. The van der Waals surface area contributed by atoms with E-state index in [0.717, 1.165) is 41.4 Å². The van der Waals surface area contributed by atoms with E-state index < -0.39 is 32.7 Å². The topological polar surface area (TPSA) is 189 Å². The van der Waals surface area contributed by atoms with E-state index in [-0.39, 0.29) is 29.5 Å². The highest BCUT2D eigenvalue weighted by molar-refractivity contribution is 7.86. The zero-order valence-electron chi connectivity index (χ0n) is 26.8. The summed E-state index contributed by atoms with van der Waals surface area (Å²) in [6.07, 6.45) is 4.53. The third-order valence-corrected chi connectivity index (χ3v) is 8.35. The molecule has 0 amide bonds. The van der Waals surface area contributed by atoms with Gasteiger partial charge in [0.25, 0.3) is 10.1 Å². The molecule has 14 heteroatoms. The minimum atomic E-state index is -3.51. The summed E-state index contributed by atoms with van der Waals surface area (Å²) in [5, 5.41) is 18.0. The number of anilines is 2. The second-order valence-corrected chi connectivity index (χ2v) is 14.2. The number of nitro groups is 1. The highest BCUT2D eigenvalue weighted by atomic mass is 32.2. The Hall–Kier alpha value is -4.14. The Morgan fingerprint density at radius 3 is 2.48 bits per heavy atom. The van der Waals surface area contributed by atoms with Gasteiger partial charge in [0.1, 0.15) is 17.8 Å². The van der Waals surface area contributed by atoms with Gasteiger partial charge in [-0.25, -0.2) is 9.78 Å². The molecule has 0 bridgehead atoms. The minimum absolute atomic E-state index is 0.112. The van der Waals surface area contributed by atoms with Crippen molar-refractivity contribution in [3.63, 3.8) is 0 Å². The molecule has 1 aliphatic carbocycles. The van der Waals surface area contributed by atoms with Crippen LogP contribution in [0.2, 0.25) is 0 Å². The number of hydrogen-bond donors (Lipinski definition) is 3. The first kappa shape index (κ1) is 34.7. The molecular formula is C32H42N6O7S. The van der Waals surface area contributed by atoms with Crippen molar-refractivity contribution in [2.75, 3.05) is 23.4 Å². The van der Waals surface area contributed by atoms with Gasteiger partial charge in [-0.1, -0.05) is 36.4 Å². The third kappa shape index (κ3) is 9.68. The number of aromatic nitrogens is 2.